The molecule has 0 amide bonds. The van der Waals surface area contributed by atoms with Gasteiger partial charge in [-0.3, -0.25) is 0 Å². The summed E-state index contributed by atoms with van der Waals surface area (Å²) >= 11 is 1.47. The summed E-state index contributed by atoms with van der Waals surface area (Å²) < 4.78 is 4.63. The Hall–Kier alpha value is -1.07. The SMILES string of the molecule is COC(=O)c1ccc(SC(C)CO)nc1C. The van der Waals surface area contributed by atoms with Gasteiger partial charge >= 0.3 is 5.97 Å². The molecular formula is C11H15NO3S. The van der Waals surface area contributed by atoms with Gasteiger partial charge in [-0.15, -0.1) is 11.8 Å². The van der Waals surface area contributed by atoms with E-state index in [0.29, 0.717) is 11.3 Å². The number of aromatic nitrogens is 1. The van der Waals surface area contributed by atoms with Crippen LogP contribution < -0.4 is 0 Å². The molecule has 0 aliphatic rings. The second-order valence-corrected chi connectivity index (χ2v) is 4.84. The summed E-state index contributed by atoms with van der Waals surface area (Å²) in [6.45, 7) is 3.78. The largest absolute Gasteiger partial charge is 0.465 e. The number of rotatable bonds is 4. The lowest BCUT2D eigenvalue weighted by Crippen LogP contribution is -2.07. The van der Waals surface area contributed by atoms with Crippen LogP contribution in [-0.4, -0.2) is 35.0 Å². The summed E-state index contributed by atoms with van der Waals surface area (Å²) in [6, 6.07) is 3.46. The first-order valence-electron chi connectivity index (χ1n) is 4.92. The molecule has 1 aromatic rings. The van der Waals surface area contributed by atoms with Crippen molar-refractivity contribution < 1.29 is 14.6 Å². The molecule has 0 radical (unpaired) electrons. The van der Waals surface area contributed by atoms with E-state index in [-0.39, 0.29) is 17.8 Å². The van der Waals surface area contributed by atoms with Crippen molar-refractivity contribution in [2.75, 3.05) is 13.7 Å². The van der Waals surface area contributed by atoms with Crippen molar-refractivity contribution in [3.8, 4) is 0 Å². The molecule has 0 aliphatic carbocycles. The van der Waals surface area contributed by atoms with Crippen LogP contribution in [0, 0.1) is 6.92 Å². The van der Waals surface area contributed by atoms with Crippen molar-refractivity contribution in [2.45, 2.75) is 24.1 Å². The smallest absolute Gasteiger partial charge is 0.339 e. The van der Waals surface area contributed by atoms with Gasteiger partial charge in [0.25, 0.3) is 0 Å². The number of aliphatic hydroxyl groups is 1. The number of thioether (sulfide) groups is 1. The Balaban J connectivity index is 2.86. The summed E-state index contributed by atoms with van der Waals surface area (Å²) in [5.41, 5.74) is 1.12. The van der Waals surface area contributed by atoms with Crippen LogP contribution in [0.3, 0.4) is 0 Å². The van der Waals surface area contributed by atoms with E-state index in [2.05, 4.69) is 9.72 Å². The molecule has 1 atom stereocenters. The maximum Gasteiger partial charge on any atom is 0.339 e. The van der Waals surface area contributed by atoms with Crippen molar-refractivity contribution in [1.82, 2.24) is 4.98 Å². The molecule has 0 fully saturated rings. The Morgan fingerprint density at radius 2 is 2.31 bits per heavy atom. The monoisotopic (exact) mass is 241 g/mol. The number of nitrogens with zero attached hydrogens (tertiary/aromatic N) is 1. The Bertz CT molecular complexity index is 381. The molecule has 0 bridgehead atoms. The molecule has 88 valence electrons. The highest BCUT2D eigenvalue weighted by atomic mass is 32.2. The van der Waals surface area contributed by atoms with Crippen LogP contribution in [0.25, 0.3) is 0 Å². The first kappa shape index (κ1) is 13.0. The lowest BCUT2D eigenvalue weighted by Gasteiger charge is -2.08. The van der Waals surface area contributed by atoms with Crippen LogP contribution in [0.4, 0.5) is 0 Å². The van der Waals surface area contributed by atoms with Gasteiger partial charge in [-0.2, -0.15) is 0 Å². The number of methoxy groups -OCH3 is 1. The number of hydrogen-bond acceptors (Lipinski definition) is 5. The van der Waals surface area contributed by atoms with Crippen LogP contribution in [0.1, 0.15) is 23.0 Å². The summed E-state index contributed by atoms with van der Waals surface area (Å²) in [5.74, 6) is -0.378. The third-order valence-corrected chi connectivity index (χ3v) is 3.06. The van der Waals surface area contributed by atoms with Gasteiger partial charge in [0.1, 0.15) is 0 Å². The summed E-state index contributed by atoms with van der Waals surface area (Å²) in [5, 5.41) is 9.81. The fraction of sp³-hybridized carbons (Fsp3) is 0.455. The Kier molecular flexibility index (Phi) is 4.76. The summed E-state index contributed by atoms with van der Waals surface area (Å²) in [7, 11) is 1.35. The second-order valence-electron chi connectivity index (χ2n) is 3.39. The van der Waals surface area contributed by atoms with Gasteiger partial charge in [0, 0.05) is 5.25 Å². The van der Waals surface area contributed by atoms with Gasteiger partial charge in [0.05, 0.1) is 30.0 Å². The van der Waals surface area contributed by atoms with E-state index in [4.69, 9.17) is 5.11 Å². The predicted molar refractivity (Wildman–Crippen MR) is 62.7 cm³/mol. The maximum absolute atomic E-state index is 11.3. The Morgan fingerprint density at radius 3 is 2.81 bits per heavy atom. The average Bonchev–Trinajstić information content (AvgIpc) is 2.28. The van der Waals surface area contributed by atoms with E-state index in [9.17, 15) is 4.79 Å². The number of aryl methyl sites for hydroxylation is 1. The molecule has 0 aliphatic heterocycles. The number of esters is 1. The Labute approximate surface area is 99.0 Å². The second kappa shape index (κ2) is 5.86. The lowest BCUT2D eigenvalue weighted by molar-refractivity contribution is 0.0599. The first-order chi connectivity index (χ1) is 7.58. The maximum atomic E-state index is 11.3. The molecule has 1 rings (SSSR count). The zero-order valence-corrected chi connectivity index (χ0v) is 10.4. The van der Waals surface area contributed by atoms with Gasteiger partial charge in [-0.25, -0.2) is 9.78 Å². The molecule has 5 heteroatoms. The van der Waals surface area contributed by atoms with Crippen LogP contribution >= 0.6 is 11.8 Å². The summed E-state index contributed by atoms with van der Waals surface area (Å²) in [6.07, 6.45) is 0. The van der Waals surface area contributed by atoms with Crippen molar-refractivity contribution in [3.63, 3.8) is 0 Å². The molecule has 0 aromatic carbocycles. The number of ether oxygens (including phenoxy) is 1. The van der Waals surface area contributed by atoms with E-state index in [1.807, 2.05) is 6.92 Å². The minimum atomic E-state index is -0.378. The predicted octanol–water partition coefficient (Wildman–Crippen LogP) is 1.65. The van der Waals surface area contributed by atoms with Crippen LogP contribution in [0.5, 0.6) is 0 Å². The van der Waals surface area contributed by atoms with E-state index in [0.717, 1.165) is 5.03 Å². The van der Waals surface area contributed by atoms with Crippen molar-refractivity contribution in [1.29, 1.82) is 0 Å². The van der Waals surface area contributed by atoms with Gasteiger partial charge in [-0.1, -0.05) is 6.92 Å². The van der Waals surface area contributed by atoms with Crippen molar-refractivity contribution >= 4 is 17.7 Å². The van der Waals surface area contributed by atoms with Gasteiger partial charge in [0.2, 0.25) is 0 Å². The third-order valence-electron chi connectivity index (χ3n) is 2.04. The fourth-order valence-electron chi connectivity index (χ4n) is 1.17. The molecule has 0 saturated heterocycles. The zero-order valence-electron chi connectivity index (χ0n) is 9.56. The minimum absolute atomic E-state index is 0.0934. The number of pyridine rings is 1. The van der Waals surface area contributed by atoms with Crippen LogP contribution in [0.2, 0.25) is 0 Å². The molecule has 4 nitrogen and oxygen atoms in total. The fourth-order valence-corrected chi connectivity index (χ4v) is 2.00. The van der Waals surface area contributed by atoms with E-state index < -0.39 is 0 Å². The van der Waals surface area contributed by atoms with Crippen molar-refractivity contribution in [2.24, 2.45) is 0 Å². The van der Waals surface area contributed by atoms with Crippen molar-refractivity contribution in [3.05, 3.63) is 23.4 Å². The van der Waals surface area contributed by atoms with E-state index >= 15 is 0 Å². The quantitative estimate of drug-likeness (QED) is 0.641. The molecule has 1 unspecified atom stereocenters. The van der Waals surface area contributed by atoms with Gasteiger partial charge in [0.15, 0.2) is 0 Å². The highest BCUT2D eigenvalue weighted by Crippen LogP contribution is 2.22. The molecular weight excluding hydrogens is 226 g/mol. The molecule has 1 N–H and O–H groups in total. The number of hydrogen-bond donors (Lipinski definition) is 1. The van der Waals surface area contributed by atoms with Gasteiger partial charge in [-0.05, 0) is 19.1 Å². The Morgan fingerprint density at radius 1 is 1.62 bits per heavy atom. The number of carbonyl (C=O) groups is 1. The zero-order chi connectivity index (χ0) is 12.1. The molecule has 16 heavy (non-hydrogen) atoms. The lowest BCUT2D eigenvalue weighted by atomic mass is 10.2. The standard InChI is InChI=1S/C11H15NO3S/c1-7(6-13)16-10-5-4-9(8(2)12-10)11(14)15-3/h4-5,7,13H,6H2,1-3H3. The molecule has 1 aromatic heterocycles. The number of aliphatic hydroxyl groups excluding tert-OH is 1. The normalized spacial score (nSPS) is 12.2. The van der Waals surface area contributed by atoms with Crippen LogP contribution in [-0.2, 0) is 4.74 Å². The van der Waals surface area contributed by atoms with E-state index in [1.54, 1.807) is 19.1 Å². The first-order valence-corrected chi connectivity index (χ1v) is 5.80. The molecule has 0 saturated carbocycles. The topological polar surface area (TPSA) is 59.4 Å². The third kappa shape index (κ3) is 3.21. The minimum Gasteiger partial charge on any atom is -0.465 e. The summed E-state index contributed by atoms with van der Waals surface area (Å²) in [4.78, 5) is 15.6. The average molecular weight is 241 g/mol. The van der Waals surface area contributed by atoms with Crippen LogP contribution in [0.15, 0.2) is 17.2 Å². The highest BCUT2D eigenvalue weighted by Gasteiger charge is 2.11. The number of carbonyl (C=O) groups excluding carboxylic acids is 1. The molecule has 0 spiro atoms. The highest BCUT2D eigenvalue weighted by molar-refractivity contribution is 7.99. The van der Waals surface area contributed by atoms with Gasteiger partial charge < -0.3 is 9.84 Å². The van der Waals surface area contributed by atoms with E-state index in [1.165, 1.54) is 18.9 Å². The molecule has 1 heterocycles.